The van der Waals surface area contributed by atoms with Crippen LogP contribution in [0.2, 0.25) is 0 Å². The first-order valence-electron chi connectivity index (χ1n) is 5.30. The molecule has 0 bridgehead atoms. The Hall–Kier alpha value is -1.78. The fraction of sp³-hybridized carbons (Fsp3) is 0.455. The van der Waals surface area contributed by atoms with E-state index in [1.807, 2.05) is 13.8 Å². The van der Waals surface area contributed by atoms with Crippen molar-refractivity contribution in [3.05, 3.63) is 18.3 Å². The molecular formula is C11H17N3O2. The molecule has 1 amide bonds. The standard InChI is InChI=1S/C11H17N3O2/c1-3-14(4-2)10(15)8-16-9-6-5-7-13-11(9)12/h5-7H,3-4,8H2,1-2H3,(H2,12,13). The Morgan fingerprint density at radius 2 is 2.19 bits per heavy atom. The number of hydrogen-bond donors (Lipinski definition) is 1. The van der Waals surface area contributed by atoms with Crippen molar-refractivity contribution in [1.82, 2.24) is 9.88 Å². The van der Waals surface area contributed by atoms with E-state index in [1.165, 1.54) is 0 Å². The molecule has 0 radical (unpaired) electrons. The predicted octanol–water partition coefficient (Wildman–Crippen LogP) is 0.911. The van der Waals surface area contributed by atoms with Crippen LogP contribution in [0, 0.1) is 0 Å². The van der Waals surface area contributed by atoms with Gasteiger partial charge in [-0.05, 0) is 26.0 Å². The summed E-state index contributed by atoms with van der Waals surface area (Å²) in [7, 11) is 0. The van der Waals surface area contributed by atoms with Crippen molar-refractivity contribution in [2.24, 2.45) is 0 Å². The highest BCUT2D eigenvalue weighted by Crippen LogP contribution is 2.16. The molecule has 0 atom stereocenters. The molecule has 1 heterocycles. The highest BCUT2D eigenvalue weighted by atomic mass is 16.5. The number of anilines is 1. The fourth-order valence-corrected chi connectivity index (χ4v) is 1.33. The summed E-state index contributed by atoms with van der Waals surface area (Å²) in [5.41, 5.74) is 5.59. The number of nitrogens with two attached hydrogens (primary N) is 1. The van der Waals surface area contributed by atoms with Crippen LogP contribution < -0.4 is 10.5 Å². The van der Waals surface area contributed by atoms with Gasteiger partial charge in [0, 0.05) is 19.3 Å². The van der Waals surface area contributed by atoms with E-state index in [0.29, 0.717) is 24.7 Å². The van der Waals surface area contributed by atoms with E-state index in [9.17, 15) is 4.79 Å². The molecule has 0 spiro atoms. The summed E-state index contributed by atoms with van der Waals surface area (Å²) in [4.78, 5) is 17.2. The summed E-state index contributed by atoms with van der Waals surface area (Å²) in [6, 6.07) is 3.41. The maximum atomic E-state index is 11.6. The van der Waals surface area contributed by atoms with Gasteiger partial charge in [-0.1, -0.05) is 0 Å². The van der Waals surface area contributed by atoms with E-state index in [1.54, 1.807) is 23.2 Å². The van der Waals surface area contributed by atoms with Gasteiger partial charge in [-0.3, -0.25) is 4.79 Å². The van der Waals surface area contributed by atoms with Gasteiger partial charge in [-0.25, -0.2) is 4.98 Å². The zero-order chi connectivity index (χ0) is 12.0. The molecule has 5 nitrogen and oxygen atoms in total. The Bertz CT molecular complexity index is 351. The summed E-state index contributed by atoms with van der Waals surface area (Å²) in [5.74, 6) is 0.700. The van der Waals surface area contributed by atoms with Crippen molar-refractivity contribution in [1.29, 1.82) is 0 Å². The minimum absolute atomic E-state index is 0.00241. The Kier molecular flexibility index (Phi) is 4.57. The molecule has 16 heavy (non-hydrogen) atoms. The first kappa shape index (κ1) is 12.3. The van der Waals surface area contributed by atoms with E-state index in [2.05, 4.69) is 4.98 Å². The number of nitrogen functional groups attached to an aromatic ring is 1. The smallest absolute Gasteiger partial charge is 0.260 e. The van der Waals surface area contributed by atoms with Crippen molar-refractivity contribution in [2.75, 3.05) is 25.4 Å². The van der Waals surface area contributed by atoms with E-state index >= 15 is 0 Å². The zero-order valence-electron chi connectivity index (χ0n) is 9.64. The number of aromatic nitrogens is 1. The van der Waals surface area contributed by atoms with Gasteiger partial charge in [-0.2, -0.15) is 0 Å². The summed E-state index contributed by atoms with van der Waals surface area (Å²) in [5, 5.41) is 0. The maximum Gasteiger partial charge on any atom is 0.260 e. The van der Waals surface area contributed by atoms with Crippen LogP contribution in [0.5, 0.6) is 5.75 Å². The van der Waals surface area contributed by atoms with Crippen LogP contribution in [-0.2, 0) is 4.79 Å². The number of ether oxygens (including phenoxy) is 1. The van der Waals surface area contributed by atoms with Gasteiger partial charge in [-0.15, -0.1) is 0 Å². The summed E-state index contributed by atoms with van der Waals surface area (Å²) < 4.78 is 5.30. The SMILES string of the molecule is CCN(CC)C(=O)COc1cccnc1N. The second-order valence-electron chi connectivity index (χ2n) is 3.24. The van der Waals surface area contributed by atoms with Gasteiger partial charge in [0.25, 0.3) is 5.91 Å². The molecule has 0 aliphatic rings. The lowest BCUT2D eigenvalue weighted by molar-refractivity contribution is -0.132. The number of likely N-dealkylation sites (N-methyl/N-ethyl adjacent to an activating group) is 1. The highest BCUT2D eigenvalue weighted by Gasteiger charge is 2.10. The Balaban J connectivity index is 2.52. The average Bonchev–Trinajstić information content (AvgIpc) is 2.29. The Labute approximate surface area is 95.2 Å². The topological polar surface area (TPSA) is 68.5 Å². The van der Waals surface area contributed by atoms with E-state index in [-0.39, 0.29) is 12.5 Å². The highest BCUT2D eigenvalue weighted by molar-refractivity contribution is 5.77. The molecule has 1 aromatic rings. The van der Waals surface area contributed by atoms with Gasteiger partial charge in [0.15, 0.2) is 18.2 Å². The van der Waals surface area contributed by atoms with Gasteiger partial charge >= 0.3 is 0 Å². The molecule has 2 N–H and O–H groups in total. The Morgan fingerprint density at radius 3 is 2.75 bits per heavy atom. The average molecular weight is 223 g/mol. The Morgan fingerprint density at radius 1 is 1.50 bits per heavy atom. The molecule has 0 unspecified atom stereocenters. The van der Waals surface area contributed by atoms with E-state index < -0.39 is 0 Å². The number of rotatable bonds is 5. The van der Waals surface area contributed by atoms with Gasteiger partial charge < -0.3 is 15.4 Å². The van der Waals surface area contributed by atoms with Crippen molar-refractivity contribution in [2.45, 2.75) is 13.8 Å². The lowest BCUT2D eigenvalue weighted by Gasteiger charge is -2.18. The van der Waals surface area contributed by atoms with Crippen molar-refractivity contribution < 1.29 is 9.53 Å². The second-order valence-corrected chi connectivity index (χ2v) is 3.24. The minimum Gasteiger partial charge on any atom is -0.480 e. The minimum atomic E-state index is -0.0479. The fourth-order valence-electron chi connectivity index (χ4n) is 1.33. The van der Waals surface area contributed by atoms with Crippen LogP contribution in [0.4, 0.5) is 5.82 Å². The zero-order valence-corrected chi connectivity index (χ0v) is 9.64. The number of nitrogens with zero attached hydrogens (tertiary/aromatic N) is 2. The number of amides is 1. The third-order valence-corrected chi connectivity index (χ3v) is 2.27. The van der Waals surface area contributed by atoms with Crippen LogP contribution >= 0.6 is 0 Å². The molecule has 0 fully saturated rings. The second kappa shape index (κ2) is 5.95. The van der Waals surface area contributed by atoms with Crippen molar-refractivity contribution in [3.8, 4) is 5.75 Å². The van der Waals surface area contributed by atoms with Gasteiger partial charge in [0.2, 0.25) is 0 Å². The summed E-state index contributed by atoms with van der Waals surface area (Å²) in [6.45, 7) is 5.22. The van der Waals surface area contributed by atoms with Crippen LogP contribution in [0.15, 0.2) is 18.3 Å². The predicted molar refractivity (Wildman–Crippen MR) is 62.1 cm³/mol. The first-order chi connectivity index (χ1) is 7.69. The molecule has 1 rings (SSSR count). The van der Waals surface area contributed by atoms with Crippen LogP contribution in [-0.4, -0.2) is 35.5 Å². The van der Waals surface area contributed by atoms with Crippen LogP contribution in [0.1, 0.15) is 13.8 Å². The molecule has 0 saturated heterocycles. The number of hydrogen-bond acceptors (Lipinski definition) is 4. The van der Waals surface area contributed by atoms with Crippen LogP contribution in [0.3, 0.4) is 0 Å². The third-order valence-electron chi connectivity index (χ3n) is 2.27. The van der Waals surface area contributed by atoms with Crippen LogP contribution in [0.25, 0.3) is 0 Å². The quantitative estimate of drug-likeness (QED) is 0.805. The van der Waals surface area contributed by atoms with Gasteiger partial charge in [0.1, 0.15) is 0 Å². The third kappa shape index (κ3) is 3.12. The van der Waals surface area contributed by atoms with E-state index in [4.69, 9.17) is 10.5 Å². The van der Waals surface area contributed by atoms with E-state index in [0.717, 1.165) is 0 Å². The molecule has 0 saturated carbocycles. The summed E-state index contributed by atoms with van der Waals surface area (Å²) >= 11 is 0. The normalized spacial score (nSPS) is 9.88. The lowest BCUT2D eigenvalue weighted by atomic mass is 10.4. The molecule has 0 aromatic carbocycles. The number of carbonyl (C=O) groups excluding carboxylic acids is 1. The maximum absolute atomic E-state index is 11.6. The molecule has 0 aliphatic carbocycles. The van der Waals surface area contributed by atoms with Crippen molar-refractivity contribution in [3.63, 3.8) is 0 Å². The number of pyridine rings is 1. The first-order valence-corrected chi connectivity index (χ1v) is 5.30. The molecular weight excluding hydrogens is 206 g/mol. The molecule has 5 heteroatoms. The lowest BCUT2D eigenvalue weighted by Crippen LogP contribution is -2.34. The molecule has 1 aromatic heterocycles. The molecule has 0 aliphatic heterocycles. The largest absolute Gasteiger partial charge is 0.480 e. The summed E-state index contributed by atoms with van der Waals surface area (Å²) in [6.07, 6.45) is 1.58. The van der Waals surface area contributed by atoms with Crippen molar-refractivity contribution >= 4 is 11.7 Å². The molecule has 88 valence electrons. The van der Waals surface area contributed by atoms with Gasteiger partial charge in [0.05, 0.1) is 0 Å². The monoisotopic (exact) mass is 223 g/mol. The number of carbonyl (C=O) groups is 1.